The maximum absolute atomic E-state index is 12.8. The fourth-order valence-electron chi connectivity index (χ4n) is 3.41. The van der Waals surface area contributed by atoms with Gasteiger partial charge in [-0.05, 0) is 30.5 Å². The van der Waals surface area contributed by atoms with E-state index in [1.807, 2.05) is 24.3 Å². The Morgan fingerprint density at radius 2 is 2.00 bits per heavy atom. The van der Waals surface area contributed by atoms with Gasteiger partial charge in [0.05, 0.1) is 7.11 Å². The first-order valence-electron chi connectivity index (χ1n) is 9.71. The number of hydrogen-bond acceptors (Lipinski definition) is 7. The maximum Gasteiger partial charge on any atom is 0.274 e. The molecule has 0 radical (unpaired) electrons. The molecule has 1 saturated heterocycles. The predicted molar refractivity (Wildman–Crippen MR) is 112 cm³/mol. The van der Waals surface area contributed by atoms with Crippen LogP contribution in [0.3, 0.4) is 0 Å². The second-order valence-electron chi connectivity index (χ2n) is 6.99. The number of anilines is 1. The molecular weight excluding hydrogens is 390 g/mol. The van der Waals surface area contributed by atoms with Crippen LogP contribution < -0.4 is 20.5 Å². The summed E-state index contributed by atoms with van der Waals surface area (Å²) in [5.74, 6) is 0.357. The lowest BCUT2D eigenvalue weighted by atomic mass is 10.2. The van der Waals surface area contributed by atoms with Gasteiger partial charge in [0.15, 0.2) is 0 Å². The first-order chi connectivity index (χ1) is 14.1. The third-order valence-electron chi connectivity index (χ3n) is 4.94. The van der Waals surface area contributed by atoms with Crippen LogP contribution in [0.1, 0.15) is 41.7 Å². The molecule has 0 spiro atoms. The number of ether oxygens (including phenoxy) is 1. The fourth-order valence-corrected chi connectivity index (χ4v) is 4.37. The molecule has 3 heterocycles. The fraction of sp³-hybridized carbons (Fsp3) is 0.400. The number of nitrogens with zero attached hydrogens (tertiary/aromatic N) is 4. The molecule has 0 atom stereocenters. The lowest BCUT2D eigenvalue weighted by Crippen LogP contribution is -2.28. The van der Waals surface area contributed by atoms with Crippen LogP contribution in [-0.4, -0.2) is 40.7 Å². The van der Waals surface area contributed by atoms with E-state index in [2.05, 4.69) is 20.3 Å². The van der Waals surface area contributed by atoms with Crippen LogP contribution in [0.25, 0.3) is 4.96 Å². The van der Waals surface area contributed by atoms with E-state index in [1.165, 1.54) is 34.8 Å². The van der Waals surface area contributed by atoms with Crippen LogP contribution in [-0.2, 0) is 6.54 Å². The molecule has 3 aromatic rings. The number of hydrogen-bond donors (Lipinski definition) is 1. The summed E-state index contributed by atoms with van der Waals surface area (Å²) in [5, 5.41) is 8.25. The highest BCUT2D eigenvalue weighted by Gasteiger charge is 2.19. The van der Waals surface area contributed by atoms with Crippen molar-refractivity contribution >= 4 is 27.3 Å². The van der Waals surface area contributed by atoms with Gasteiger partial charge in [-0.2, -0.15) is 9.50 Å². The second kappa shape index (κ2) is 8.60. The number of benzene rings is 1. The second-order valence-corrected chi connectivity index (χ2v) is 7.93. The zero-order valence-electron chi connectivity index (χ0n) is 16.3. The van der Waals surface area contributed by atoms with Crippen molar-refractivity contribution in [2.24, 2.45) is 0 Å². The van der Waals surface area contributed by atoms with Crippen molar-refractivity contribution in [3.8, 4) is 5.75 Å². The molecule has 1 fully saturated rings. The zero-order valence-corrected chi connectivity index (χ0v) is 17.1. The van der Waals surface area contributed by atoms with Crippen LogP contribution in [0.5, 0.6) is 5.75 Å². The topological polar surface area (TPSA) is 88.8 Å². The predicted octanol–water partition coefficient (Wildman–Crippen LogP) is 2.47. The normalized spacial score (nSPS) is 14.6. The minimum absolute atomic E-state index is 0.195. The largest absolute Gasteiger partial charge is 0.497 e. The van der Waals surface area contributed by atoms with Crippen LogP contribution in [0.4, 0.5) is 5.13 Å². The zero-order chi connectivity index (χ0) is 20.2. The molecule has 152 valence electrons. The van der Waals surface area contributed by atoms with Gasteiger partial charge in [0.25, 0.3) is 11.5 Å². The Balaban J connectivity index is 1.58. The average molecular weight is 414 g/mol. The average Bonchev–Trinajstić information content (AvgIpc) is 2.97. The van der Waals surface area contributed by atoms with Gasteiger partial charge in [-0.25, -0.2) is 0 Å². The Bertz CT molecular complexity index is 1070. The molecular formula is C20H23N5O3S. The Morgan fingerprint density at radius 3 is 2.76 bits per heavy atom. The lowest BCUT2D eigenvalue weighted by Gasteiger charge is -2.17. The van der Waals surface area contributed by atoms with Gasteiger partial charge in [0.1, 0.15) is 11.4 Å². The van der Waals surface area contributed by atoms with Gasteiger partial charge >= 0.3 is 0 Å². The van der Waals surface area contributed by atoms with E-state index in [9.17, 15) is 9.59 Å². The summed E-state index contributed by atoms with van der Waals surface area (Å²) >= 11 is 1.35. The van der Waals surface area contributed by atoms with Crippen molar-refractivity contribution in [2.45, 2.75) is 32.2 Å². The number of carbonyl (C=O) groups is 1. The third-order valence-corrected chi connectivity index (χ3v) is 5.91. The van der Waals surface area contributed by atoms with E-state index < -0.39 is 5.56 Å². The molecule has 0 aliphatic carbocycles. The van der Waals surface area contributed by atoms with E-state index >= 15 is 0 Å². The molecule has 4 rings (SSSR count). The summed E-state index contributed by atoms with van der Waals surface area (Å²) in [6, 6.07) is 8.70. The number of methoxy groups -OCH3 is 1. The Labute approximate surface area is 172 Å². The quantitative estimate of drug-likeness (QED) is 0.691. The summed E-state index contributed by atoms with van der Waals surface area (Å²) in [4.78, 5) is 31.5. The van der Waals surface area contributed by atoms with E-state index in [-0.39, 0.29) is 11.6 Å². The standard InChI is InChI=1S/C20H23N5O3S/c1-28-15-8-6-7-14(11-15)13-21-18(27)16-12-17(26)22-19-25(16)23-20(29-19)24-9-4-2-3-5-10-24/h6-8,11-12H,2-5,9-10,13H2,1H3,(H,21,27). The number of aromatic nitrogens is 3. The molecule has 9 heteroatoms. The Hall–Kier alpha value is -2.94. The van der Waals surface area contributed by atoms with Gasteiger partial charge in [0.2, 0.25) is 10.1 Å². The van der Waals surface area contributed by atoms with Gasteiger partial charge in [-0.15, -0.1) is 5.10 Å². The highest BCUT2D eigenvalue weighted by Crippen LogP contribution is 2.25. The van der Waals surface area contributed by atoms with E-state index in [0.717, 1.165) is 42.4 Å². The molecule has 8 nitrogen and oxygen atoms in total. The van der Waals surface area contributed by atoms with Gasteiger partial charge < -0.3 is 15.0 Å². The summed E-state index contributed by atoms with van der Waals surface area (Å²) in [6.07, 6.45) is 4.67. The van der Waals surface area contributed by atoms with Gasteiger partial charge in [-0.3, -0.25) is 9.59 Å². The molecule has 0 unspecified atom stereocenters. The number of fused-ring (bicyclic) bond motifs is 1. The third kappa shape index (κ3) is 4.40. The number of rotatable bonds is 5. The van der Waals surface area contributed by atoms with E-state index in [1.54, 1.807) is 7.11 Å². The van der Waals surface area contributed by atoms with E-state index in [0.29, 0.717) is 11.5 Å². The maximum atomic E-state index is 12.8. The lowest BCUT2D eigenvalue weighted by molar-refractivity contribution is 0.0943. The van der Waals surface area contributed by atoms with Gasteiger partial charge in [0, 0.05) is 25.7 Å². The van der Waals surface area contributed by atoms with Gasteiger partial charge in [-0.1, -0.05) is 36.3 Å². The SMILES string of the molecule is COc1cccc(CNC(=O)c2cc(=O)nc3sc(N4CCCCCC4)nn23)c1. The highest BCUT2D eigenvalue weighted by molar-refractivity contribution is 7.20. The van der Waals surface area contributed by atoms with Crippen molar-refractivity contribution in [2.75, 3.05) is 25.1 Å². The molecule has 2 aromatic heterocycles. The molecule has 0 saturated carbocycles. The molecule has 29 heavy (non-hydrogen) atoms. The minimum Gasteiger partial charge on any atom is -0.497 e. The van der Waals surface area contributed by atoms with Crippen LogP contribution in [0.15, 0.2) is 35.1 Å². The summed E-state index contributed by atoms with van der Waals surface area (Å²) < 4.78 is 6.69. The number of nitrogens with one attached hydrogen (secondary N) is 1. The minimum atomic E-state index is -0.442. The molecule has 0 bridgehead atoms. The van der Waals surface area contributed by atoms with E-state index in [4.69, 9.17) is 4.74 Å². The monoisotopic (exact) mass is 413 g/mol. The van der Waals surface area contributed by atoms with Crippen molar-refractivity contribution in [3.05, 3.63) is 51.9 Å². The Morgan fingerprint density at radius 1 is 1.21 bits per heavy atom. The van der Waals surface area contributed by atoms with Crippen LogP contribution in [0.2, 0.25) is 0 Å². The van der Waals surface area contributed by atoms with Crippen LogP contribution >= 0.6 is 11.3 Å². The first kappa shape index (κ1) is 19.4. The summed E-state index contributed by atoms with van der Waals surface area (Å²) in [6.45, 7) is 2.18. The summed E-state index contributed by atoms with van der Waals surface area (Å²) in [5.41, 5.74) is 0.654. The van der Waals surface area contributed by atoms with Crippen molar-refractivity contribution in [3.63, 3.8) is 0 Å². The molecule has 1 amide bonds. The van der Waals surface area contributed by atoms with Crippen molar-refractivity contribution in [1.82, 2.24) is 19.9 Å². The van der Waals surface area contributed by atoms with Crippen molar-refractivity contribution < 1.29 is 9.53 Å². The summed E-state index contributed by atoms with van der Waals surface area (Å²) in [7, 11) is 1.60. The number of carbonyl (C=O) groups excluding carboxylic acids is 1. The first-order valence-corrected chi connectivity index (χ1v) is 10.5. The number of amides is 1. The molecule has 1 aliphatic heterocycles. The van der Waals surface area contributed by atoms with Crippen molar-refractivity contribution in [1.29, 1.82) is 0 Å². The molecule has 1 aliphatic rings. The van der Waals surface area contributed by atoms with Crippen LogP contribution in [0, 0.1) is 0 Å². The molecule has 1 N–H and O–H groups in total. The smallest absolute Gasteiger partial charge is 0.274 e. The molecule has 1 aromatic carbocycles. The highest BCUT2D eigenvalue weighted by atomic mass is 32.1. The Kier molecular flexibility index (Phi) is 5.75.